The second kappa shape index (κ2) is 13.1. The monoisotopic (exact) mass is 673 g/mol. The minimum absolute atomic E-state index is 0.0784. The number of aromatic nitrogens is 1. The van der Waals surface area contributed by atoms with Crippen molar-refractivity contribution in [3.05, 3.63) is 98.0 Å². The van der Waals surface area contributed by atoms with E-state index in [1.165, 1.54) is 27.7 Å². The van der Waals surface area contributed by atoms with Crippen LogP contribution in [0.4, 0.5) is 11.4 Å². The van der Waals surface area contributed by atoms with Gasteiger partial charge in [0.05, 0.1) is 35.4 Å². The molecule has 47 heavy (non-hydrogen) atoms. The number of carbonyl (C=O) groups excluding carboxylic acids is 4. The SMILES string of the molecule is CCOC(=O)c1ccc(NC(=O)Cn2c3c(sc2=O)C(c2ccc(O)c(OCC)c2)C2C(=O)N(c4ccc(C)cc4)C(=O)C2S3)cc1. The van der Waals surface area contributed by atoms with Gasteiger partial charge in [-0.3, -0.25) is 23.7 Å². The number of hydrogen-bond acceptors (Lipinski definition) is 10. The number of aryl methyl sites for hydroxylation is 1. The van der Waals surface area contributed by atoms with Gasteiger partial charge in [0.15, 0.2) is 11.5 Å². The molecule has 3 atom stereocenters. The van der Waals surface area contributed by atoms with Crippen LogP contribution in [0.5, 0.6) is 11.5 Å². The highest BCUT2D eigenvalue weighted by Crippen LogP contribution is 2.54. The van der Waals surface area contributed by atoms with Crippen molar-refractivity contribution in [3.63, 3.8) is 0 Å². The van der Waals surface area contributed by atoms with Crippen molar-refractivity contribution in [3.8, 4) is 11.5 Å². The molecule has 0 aliphatic carbocycles. The van der Waals surface area contributed by atoms with Gasteiger partial charge in [-0.25, -0.2) is 9.69 Å². The number of benzene rings is 3. The number of hydrogen-bond donors (Lipinski definition) is 2. The highest BCUT2D eigenvalue weighted by atomic mass is 32.2. The summed E-state index contributed by atoms with van der Waals surface area (Å²) in [7, 11) is 0. The lowest BCUT2D eigenvalue weighted by molar-refractivity contribution is -0.122. The second-order valence-electron chi connectivity index (χ2n) is 11.0. The molecule has 1 saturated heterocycles. The predicted molar refractivity (Wildman–Crippen MR) is 178 cm³/mol. The van der Waals surface area contributed by atoms with Crippen LogP contribution in [0.2, 0.25) is 0 Å². The van der Waals surface area contributed by atoms with Gasteiger partial charge in [-0.15, -0.1) is 0 Å². The molecule has 3 heterocycles. The second-order valence-corrected chi connectivity index (χ2v) is 13.1. The van der Waals surface area contributed by atoms with Crippen LogP contribution in [0.15, 0.2) is 76.6 Å². The fraction of sp³-hybridized carbons (Fsp3) is 0.265. The molecular formula is C34H31N3O8S2. The Kier molecular flexibility index (Phi) is 8.93. The smallest absolute Gasteiger partial charge is 0.338 e. The minimum Gasteiger partial charge on any atom is -0.504 e. The van der Waals surface area contributed by atoms with Crippen molar-refractivity contribution < 1.29 is 33.8 Å². The molecule has 3 unspecified atom stereocenters. The van der Waals surface area contributed by atoms with E-state index >= 15 is 0 Å². The van der Waals surface area contributed by atoms with Crippen LogP contribution in [0.25, 0.3) is 0 Å². The lowest BCUT2D eigenvalue weighted by Gasteiger charge is -2.31. The summed E-state index contributed by atoms with van der Waals surface area (Å²) in [5.41, 5.74) is 2.78. The summed E-state index contributed by atoms with van der Waals surface area (Å²) in [4.78, 5) is 68.1. The van der Waals surface area contributed by atoms with Crippen LogP contribution in [-0.2, 0) is 25.7 Å². The van der Waals surface area contributed by atoms with E-state index in [9.17, 15) is 29.1 Å². The fourth-order valence-electron chi connectivity index (χ4n) is 5.81. The topological polar surface area (TPSA) is 144 Å². The van der Waals surface area contributed by atoms with Gasteiger partial charge in [-0.2, -0.15) is 0 Å². The number of esters is 1. The highest BCUT2D eigenvalue weighted by Gasteiger charge is 2.57. The third kappa shape index (κ3) is 6.03. The number of fused-ring (bicyclic) bond motifs is 2. The molecule has 11 nitrogen and oxygen atoms in total. The van der Waals surface area contributed by atoms with Gasteiger partial charge in [-0.1, -0.05) is 46.9 Å². The number of ether oxygens (including phenoxy) is 2. The Hall–Kier alpha value is -4.88. The number of thioether (sulfide) groups is 1. The van der Waals surface area contributed by atoms with Crippen LogP contribution < -0.4 is 19.8 Å². The summed E-state index contributed by atoms with van der Waals surface area (Å²) in [6.45, 7) is 5.59. The zero-order valence-electron chi connectivity index (χ0n) is 25.7. The lowest BCUT2D eigenvalue weighted by Crippen LogP contribution is -2.33. The number of amides is 3. The maximum absolute atomic E-state index is 14.1. The molecule has 0 radical (unpaired) electrons. The van der Waals surface area contributed by atoms with Crippen LogP contribution in [0, 0.1) is 12.8 Å². The van der Waals surface area contributed by atoms with E-state index in [0.29, 0.717) is 32.4 Å². The average Bonchev–Trinajstić information content (AvgIpc) is 3.49. The van der Waals surface area contributed by atoms with Crippen LogP contribution in [-0.4, -0.2) is 51.8 Å². The van der Waals surface area contributed by atoms with E-state index in [1.54, 1.807) is 50.2 Å². The number of imide groups is 1. The van der Waals surface area contributed by atoms with E-state index in [0.717, 1.165) is 28.7 Å². The van der Waals surface area contributed by atoms with Crippen molar-refractivity contribution in [2.75, 3.05) is 23.4 Å². The molecule has 6 rings (SSSR count). The van der Waals surface area contributed by atoms with Crippen LogP contribution >= 0.6 is 23.1 Å². The maximum atomic E-state index is 14.1. The summed E-state index contributed by atoms with van der Waals surface area (Å²) in [5.74, 6) is -3.21. The number of rotatable bonds is 9. The Morgan fingerprint density at radius 2 is 1.66 bits per heavy atom. The summed E-state index contributed by atoms with van der Waals surface area (Å²) in [5, 5.41) is 12.7. The van der Waals surface area contributed by atoms with Crippen molar-refractivity contribution in [1.29, 1.82) is 0 Å². The van der Waals surface area contributed by atoms with Crippen molar-refractivity contribution in [2.45, 2.75) is 43.5 Å². The summed E-state index contributed by atoms with van der Waals surface area (Å²) in [6.07, 6.45) is 0. The molecule has 242 valence electrons. The molecule has 4 aromatic rings. The molecule has 2 N–H and O–H groups in total. The number of aromatic hydroxyl groups is 1. The molecule has 3 amide bonds. The normalized spacial score (nSPS) is 18.4. The molecule has 2 aliphatic heterocycles. The zero-order chi connectivity index (χ0) is 33.4. The standard InChI is InChI=1S/C34H31N3O8S2/c1-4-44-24-16-20(10-15-23(24)38)26-27-28(31(41)37(30(27)40)22-13-6-18(3)7-14-22)46-32-29(26)47-34(43)36(32)17-25(39)35-21-11-8-19(9-12-21)33(42)45-5-2/h6-16,26-28,38H,4-5,17H2,1-3H3,(H,35,39). The first-order chi connectivity index (χ1) is 22.6. The van der Waals surface area contributed by atoms with E-state index in [2.05, 4.69) is 5.32 Å². The van der Waals surface area contributed by atoms with Crippen LogP contribution in [0.3, 0.4) is 0 Å². The van der Waals surface area contributed by atoms with E-state index < -0.39 is 45.6 Å². The van der Waals surface area contributed by atoms with Crippen molar-refractivity contribution in [1.82, 2.24) is 4.57 Å². The average molecular weight is 674 g/mol. The molecule has 3 aromatic carbocycles. The molecular weight excluding hydrogens is 643 g/mol. The quantitative estimate of drug-likeness (QED) is 0.187. The molecule has 0 bridgehead atoms. The molecule has 2 aliphatic rings. The number of phenolic OH excluding ortho intramolecular Hbond substituents is 1. The lowest BCUT2D eigenvalue weighted by atomic mass is 9.83. The third-order valence-corrected chi connectivity index (χ3v) is 10.6. The van der Waals surface area contributed by atoms with Gasteiger partial charge in [0, 0.05) is 16.5 Å². The Balaban J connectivity index is 1.36. The van der Waals surface area contributed by atoms with Crippen molar-refractivity contribution >= 4 is 58.2 Å². The van der Waals surface area contributed by atoms with Gasteiger partial charge in [0.1, 0.15) is 11.8 Å². The first-order valence-electron chi connectivity index (χ1n) is 15.0. The number of nitrogens with one attached hydrogen (secondary N) is 1. The number of thiazole rings is 1. The predicted octanol–water partition coefficient (Wildman–Crippen LogP) is 4.93. The zero-order valence-corrected chi connectivity index (χ0v) is 27.4. The summed E-state index contributed by atoms with van der Waals surface area (Å²) < 4.78 is 12.0. The summed E-state index contributed by atoms with van der Waals surface area (Å²) >= 11 is 2.03. The Bertz CT molecular complexity index is 1930. The third-order valence-electron chi connectivity index (χ3n) is 7.97. The van der Waals surface area contributed by atoms with Crippen molar-refractivity contribution in [2.24, 2.45) is 5.92 Å². The van der Waals surface area contributed by atoms with E-state index in [4.69, 9.17) is 9.47 Å². The molecule has 0 saturated carbocycles. The number of phenols is 1. The largest absolute Gasteiger partial charge is 0.504 e. The maximum Gasteiger partial charge on any atom is 0.338 e. The van der Waals surface area contributed by atoms with Gasteiger partial charge >= 0.3 is 10.8 Å². The first kappa shape index (κ1) is 32.1. The van der Waals surface area contributed by atoms with Gasteiger partial charge < -0.3 is 19.9 Å². The Morgan fingerprint density at radius 3 is 2.34 bits per heavy atom. The van der Waals surface area contributed by atoms with Gasteiger partial charge in [-0.05, 0) is 74.9 Å². The Morgan fingerprint density at radius 1 is 0.936 bits per heavy atom. The number of carbonyl (C=O) groups is 4. The first-order valence-corrected chi connectivity index (χ1v) is 16.7. The molecule has 1 aromatic heterocycles. The van der Waals surface area contributed by atoms with E-state index in [1.807, 2.05) is 19.1 Å². The number of anilines is 2. The van der Waals surface area contributed by atoms with E-state index in [-0.39, 0.29) is 31.3 Å². The minimum atomic E-state index is -0.871. The highest BCUT2D eigenvalue weighted by molar-refractivity contribution is 8.00. The van der Waals surface area contributed by atoms with Gasteiger partial charge in [0.25, 0.3) is 0 Å². The Labute approximate surface area is 278 Å². The molecule has 1 fully saturated rings. The fourth-order valence-corrected chi connectivity index (χ4v) is 8.58. The molecule has 13 heteroatoms. The van der Waals surface area contributed by atoms with Crippen LogP contribution in [0.1, 0.15) is 46.1 Å². The summed E-state index contributed by atoms with van der Waals surface area (Å²) in [6, 6.07) is 18.1. The van der Waals surface area contributed by atoms with Gasteiger partial charge in [0.2, 0.25) is 17.7 Å². The molecule has 0 spiro atoms. The number of nitrogens with zero attached hydrogens (tertiary/aromatic N) is 2.